The van der Waals surface area contributed by atoms with Crippen molar-refractivity contribution >= 4 is 17.2 Å². The van der Waals surface area contributed by atoms with Gasteiger partial charge in [-0.1, -0.05) is 6.07 Å². The summed E-state index contributed by atoms with van der Waals surface area (Å²) in [7, 11) is 0. The van der Waals surface area contributed by atoms with Gasteiger partial charge in [0.15, 0.2) is 11.5 Å². The molecule has 1 atom stereocenters. The minimum atomic E-state index is -0.797. The minimum Gasteiger partial charge on any atom is -0.504 e. The quantitative estimate of drug-likeness (QED) is 0.640. The number of carbonyl (C=O) groups excluding carboxylic acids is 1. The lowest BCUT2D eigenvalue weighted by Gasteiger charge is -2.11. The van der Waals surface area contributed by atoms with Crippen molar-refractivity contribution in [1.29, 1.82) is 0 Å². The Bertz CT molecular complexity index is 568. The first kappa shape index (κ1) is 13.4. The molecule has 2 aromatic rings. The van der Waals surface area contributed by atoms with Crippen molar-refractivity contribution in [3.8, 4) is 11.5 Å². The van der Waals surface area contributed by atoms with Gasteiger partial charge in [-0.25, -0.2) is 0 Å². The van der Waals surface area contributed by atoms with Gasteiger partial charge in [0.1, 0.15) is 0 Å². The molecule has 6 heteroatoms. The number of benzene rings is 1. The second kappa shape index (κ2) is 5.73. The van der Waals surface area contributed by atoms with Gasteiger partial charge in [-0.05, 0) is 34.5 Å². The Kier molecular flexibility index (Phi) is 4.03. The van der Waals surface area contributed by atoms with Crippen LogP contribution in [0.15, 0.2) is 35.0 Å². The van der Waals surface area contributed by atoms with E-state index in [1.807, 2.05) is 5.38 Å². The summed E-state index contributed by atoms with van der Waals surface area (Å²) >= 11 is 1.46. The smallest absolute Gasteiger partial charge is 0.255 e. The normalized spacial score (nSPS) is 12.1. The first-order valence-corrected chi connectivity index (χ1v) is 6.53. The number of carbonyl (C=O) groups is 1. The fourth-order valence-corrected chi connectivity index (χ4v) is 2.29. The lowest BCUT2D eigenvalue weighted by Crippen LogP contribution is -2.28. The summed E-state index contributed by atoms with van der Waals surface area (Å²) in [4.78, 5) is 11.8. The van der Waals surface area contributed by atoms with Crippen LogP contribution in [0.25, 0.3) is 0 Å². The van der Waals surface area contributed by atoms with Gasteiger partial charge in [0.05, 0.1) is 11.7 Å². The van der Waals surface area contributed by atoms with E-state index in [2.05, 4.69) is 5.32 Å². The molecular weight excluding hydrogens is 266 g/mol. The molecule has 2 rings (SSSR count). The highest BCUT2D eigenvalue weighted by Gasteiger charge is 2.15. The second-order valence-corrected chi connectivity index (χ2v) is 4.74. The van der Waals surface area contributed by atoms with Gasteiger partial charge in [0.25, 0.3) is 5.91 Å². The topological polar surface area (TPSA) is 89.8 Å². The number of aromatic hydroxyl groups is 2. The lowest BCUT2D eigenvalue weighted by atomic mass is 10.1. The summed E-state index contributed by atoms with van der Waals surface area (Å²) in [5.41, 5.74) is 0.697. The van der Waals surface area contributed by atoms with Gasteiger partial charge in [-0.15, -0.1) is 0 Å². The number of amides is 1. The fraction of sp³-hybridized carbons (Fsp3) is 0.154. The van der Waals surface area contributed by atoms with Gasteiger partial charge in [-0.2, -0.15) is 11.3 Å². The zero-order valence-electron chi connectivity index (χ0n) is 9.91. The van der Waals surface area contributed by atoms with E-state index in [1.54, 1.807) is 11.4 Å². The largest absolute Gasteiger partial charge is 0.504 e. The molecule has 0 bridgehead atoms. The van der Waals surface area contributed by atoms with Crippen LogP contribution in [-0.4, -0.2) is 27.8 Å². The summed E-state index contributed by atoms with van der Waals surface area (Å²) in [5.74, 6) is -1.38. The molecule has 4 N–H and O–H groups in total. The van der Waals surface area contributed by atoms with Crippen LogP contribution in [0.5, 0.6) is 11.5 Å². The molecule has 0 aliphatic heterocycles. The van der Waals surface area contributed by atoms with Crippen molar-refractivity contribution in [3.63, 3.8) is 0 Å². The third kappa shape index (κ3) is 3.04. The summed E-state index contributed by atoms with van der Waals surface area (Å²) in [6.07, 6.45) is -0.797. The average molecular weight is 279 g/mol. The number of phenolic OH excluding ortho intramolecular Hbond substituents is 2. The van der Waals surface area contributed by atoms with Crippen molar-refractivity contribution < 1.29 is 20.1 Å². The van der Waals surface area contributed by atoms with E-state index in [9.17, 15) is 20.1 Å². The summed E-state index contributed by atoms with van der Waals surface area (Å²) < 4.78 is 0. The third-order valence-electron chi connectivity index (χ3n) is 2.64. The van der Waals surface area contributed by atoms with Crippen molar-refractivity contribution in [2.45, 2.75) is 6.10 Å². The molecule has 0 radical (unpaired) electrons. The van der Waals surface area contributed by atoms with Crippen LogP contribution in [0.4, 0.5) is 0 Å². The second-order valence-electron chi connectivity index (χ2n) is 3.96. The molecule has 0 aliphatic carbocycles. The Hall–Kier alpha value is -2.05. The number of aliphatic hydroxyl groups excluding tert-OH is 1. The Labute approximate surface area is 113 Å². The predicted molar refractivity (Wildman–Crippen MR) is 71.4 cm³/mol. The molecule has 0 fully saturated rings. The average Bonchev–Trinajstić information content (AvgIpc) is 2.93. The van der Waals surface area contributed by atoms with Crippen molar-refractivity contribution in [2.24, 2.45) is 0 Å². The molecule has 19 heavy (non-hydrogen) atoms. The number of hydrogen-bond acceptors (Lipinski definition) is 5. The molecule has 0 saturated carbocycles. The number of rotatable bonds is 4. The van der Waals surface area contributed by atoms with E-state index in [0.717, 1.165) is 5.56 Å². The molecule has 1 unspecified atom stereocenters. The fourth-order valence-electron chi connectivity index (χ4n) is 1.58. The van der Waals surface area contributed by atoms with Gasteiger partial charge in [0, 0.05) is 6.54 Å². The van der Waals surface area contributed by atoms with E-state index in [-0.39, 0.29) is 17.9 Å². The van der Waals surface area contributed by atoms with Crippen molar-refractivity contribution in [3.05, 3.63) is 46.2 Å². The highest BCUT2D eigenvalue weighted by molar-refractivity contribution is 7.07. The van der Waals surface area contributed by atoms with Crippen LogP contribution in [0.2, 0.25) is 0 Å². The zero-order chi connectivity index (χ0) is 13.8. The van der Waals surface area contributed by atoms with Crippen LogP contribution in [0, 0.1) is 0 Å². The zero-order valence-corrected chi connectivity index (χ0v) is 10.7. The first-order chi connectivity index (χ1) is 9.09. The maximum Gasteiger partial charge on any atom is 0.255 e. The number of phenols is 2. The monoisotopic (exact) mass is 279 g/mol. The number of hydrogen-bond donors (Lipinski definition) is 4. The van der Waals surface area contributed by atoms with E-state index in [1.165, 1.54) is 29.5 Å². The molecule has 1 aromatic heterocycles. The van der Waals surface area contributed by atoms with Crippen LogP contribution in [0.1, 0.15) is 22.0 Å². The molecular formula is C13H13NO4S. The van der Waals surface area contributed by atoms with E-state index < -0.39 is 17.8 Å². The molecule has 1 amide bonds. The Morgan fingerprint density at radius 2 is 2.11 bits per heavy atom. The highest BCUT2D eigenvalue weighted by Crippen LogP contribution is 2.28. The number of para-hydroxylation sites is 1. The Morgan fingerprint density at radius 1 is 1.32 bits per heavy atom. The van der Waals surface area contributed by atoms with Gasteiger partial charge in [0.2, 0.25) is 0 Å². The molecule has 1 heterocycles. The van der Waals surface area contributed by atoms with Crippen LogP contribution >= 0.6 is 11.3 Å². The maximum atomic E-state index is 11.8. The SMILES string of the molecule is O=C(NCC(O)c1ccsc1)c1cccc(O)c1O. The van der Waals surface area contributed by atoms with Crippen LogP contribution < -0.4 is 5.32 Å². The minimum absolute atomic E-state index is 0.0301. The number of aliphatic hydroxyl groups is 1. The van der Waals surface area contributed by atoms with Crippen molar-refractivity contribution in [1.82, 2.24) is 5.32 Å². The summed E-state index contributed by atoms with van der Waals surface area (Å²) in [6.45, 7) is 0.0324. The lowest BCUT2D eigenvalue weighted by molar-refractivity contribution is 0.0913. The van der Waals surface area contributed by atoms with E-state index >= 15 is 0 Å². The van der Waals surface area contributed by atoms with Crippen LogP contribution in [-0.2, 0) is 0 Å². The molecule has 5 nitrogen and oxygen atoms in total. The highest BCUT2D eigenvalue weighted by atomic mass is 32.1. The van der Waals surface area contributed by atoms with E-state index in [4.69, 9.17) is 0 Å². The van der Waals surface area contributed by atoms with Gasteiger partial charge >= 0.3 is 0 Å². The first-order valence-electron chi connectivity index (χ1n) is 5.59. The number of nitrogens with one attached hydrogen (secondary N) is 1. The number of thiophene rings is 1. The Morgan fingerprint density at radius 3 is 2.79 bits per heavy atom. The molecule has 0 aliphatic rings. The Balaban J connectivity index is 2.00. The summed E-state index contributed by atoms with van der Waals surface area (Å²) in [5, 5.41) is 34.8. The molecule has 0 spiro atoms. The molecule has 0 saturated heterocycles. The van der Waals surface area contributed by atoms with Crippen LogP contribution in [0.3, 0.4) is 0 Å². The standard InChI is InChI=1S/C13H13NO4S/c15-10-3-1-2-9(12(10)17)13(18)14-6-11(16)8-4-5-19-7-8/h1-5,7,11,15-17H,6H2,(H,14,18). The summed E-state index contributed by atoms with van der Waals surface area (Å²) in [6, 6.07) is 5.90. The van der Waals surface area contributed by atoms with Gasteiger partial charge < -0.3 is 20.6 Å². The predicted octanol–water partition coefficient (Wildman–Crippen LogP) is 1.62. The molecule has 1 aromatic carbocycles. The third-order valence-corrected chi connectivity index (χ3v) is 3.34. The molecule has 100 valence electrons. The van der Waals surface area contributed by atoms with E-state index in [0.29, 0.717) is 0 Å². The van der Waals surface area contributed by atoms with Crippen molar-refractivity contribution in [2.75, 3.05) is 6.54 Å². The van der Waals surface area contributed by atoms with Gasteiger partial charge in [-0.3, -0.25) is 4.79 Å². The maximum absolute atomic E-state index is 11.8.